The second-order valence-electron chi connectivity index (χ2n) is 7.33. The Morgan fingerprint density at radius 2 is 1.90 bits per heavy atom. The molecule has 20 heavy (non-hydrogen) atoms. The smallest absolute Gasteiger partial charge is 0.407 e. The van der Waals surface area contributed by atoms with Crippen LogP contribution in [0.4, 0.5) is 4.79 Å². The van der Waals surface area contributed by atoms with Crippen LogP contribution in [0.15, 0.2) is 0 Å². The second-order valence-corrected chi connectivity index (χ2v) is 7.33. The zero-order valence-corrected chi connectivity index (χ0v) is 13.2. The summed E-state index contributed by atoms with van der Waals surface area (Å²) in [5.74, 6) is 2.26. The number of carbonyl (C=O) groups excluding carboxylic acids is 1. The monoisotopic (exact) mass is 282 g/mol. The second kappa shape index (κ2) is 6.79. The molecule has 2 fully saturated rings. The van der Waals surface area contributed by atoms with E-state index in [1.807, 2.05) is 20.8 Å². The molecular weight excluding hydrogens is 252 g/mol. The van der Waals surface area contributed by atoms with Gasteiger partial charge in [-0.2, -0.15) is 0 Å². The molecule has 0 radical (unpaired) electrons. The molecule has 1 saturated heterocycles. The average molecular weight is 282 g/mol. The number of hydrogen-bond donors (Lipinski definition) is 2. The maximum absolute atomic E-state index is 11.8. The predicted octanol–water partition coefficient (Wildman–Crippen LogP) is 2.93. The molecule has 116 valence electrons. The summed E-state index contributed by atoms with van der Waals surface area (Å²) in [7, 11) is 0. The first-order chi connectivity index (χ1) is 9.46. The van der Waals surface area contributed by atoms with Crippen LogP contribution in [-0.4, -0.2) is 31.3 Å². The van der Waals surface area contributed by atoms with Gasteiger partial charge in [-0.05, 0) is 64.5 Å². The van der Waals surface area contributed by atoms with Crippen LogP contribution in [-0.2, 0) is 4.74 Å². The van der Waals surface area contributed by atoms with E-state index in [1.165, 1.54) is 25.7 Å². The van der Waals surface area contributed by atoms with E-state index in [2.05, 4.69) is 10.6 Å². The summed E-state index contributed by atoms with van der Waals surface area (Å²) in [5.41, 5.74) is -0.414. The normalized spacial score (nSPS) is 28.4. The zero-order chi connectivity index (χ0) is 14.6. The number of ether oxygens (including phenoxy) is 1. The summed E-state index contributed by atoms with van der Waals surface area (Å²) in [5, 5.41) is 6.47. The van der Waals surface area contributed by atoms with Crippen LogP contribution in [0.5, 0.6) is 0 Å². The lowest BCUT2D eigenvalue weighted by Crippen LogP contribution is -2.39. The van der Waals surface area contributed by atoms with Crippen molar-refractivity contribution < 1.29 is 9.53 Å². The van der Waals surface area contributed by atoms with Gasteiger partial charge in [0.2, 0.25) is 0 Å². The fraction of sp³-hybridized carbons (Fsp3) is 0.938. The van der Waals surface area contributed by atoms with E-state index >= 15 is 0 Å². The SMILES string of the molecule is CC(C)(C)OC(=O)NCC1CCNCCC1C1CCC1. The summed E-state index contributed by atoms with van der Waals surface area (Å²) in [4.78, 5) is 11.8. The summed E-state index contributed by atoms with van der Waals surface area (Å²) < 4.78 is 5.33. The van der Waals surface area contributed by atoms with Gasteiger partial charge in [-0.3, -0.25) is 0 Å². The summed E-state index contributed by atoms with van der Waals surface area (Å²) in [6.45, 7) is 8.67. The Hall–Kier alpha value is -0.770. The van der Waals surface area contributed by atoms with Crippen LogP contribution in [0.3, 0.4) is 0 Å². The van der Waals surface area contributed by atoms with E-state index in [0.717, 1.165) is 37.9 Å². The van der Waals surface area contributed by atoms with Gasteiger partial charge in [0.05, 0.1) is 0 Å². The Labute approximate surface area is 123 Å². The first kappa shape index (κ1) is 15.6. The first-order valence-corrected chi connectivity index (χ1v) is 8.13. The minimum absolute atomic E-state index is 0.276. The first-order valence-electron chi connectivity index (χ1n) is 8.13. The van der Waals surface area contributed by atoms with Crippen LogP contribution in [0, 0.1) is 17.8 Å². The quantitative estimate of drug-likeness (QED) is 0.837. The minimum atomic E-state index is -0.414. The van der Waals surface area contributed by atoms with Gasteiger partial charge in [-0.15, -0.1) is 0 Å². The third-order valence-corrected chi connectivity index (χ3v) is 4.61. The van der Waals surface area contributed by atoms with Gasteiger partial charge in [-0.25, -0.2) is 4.79 Å². The van der Waals surface area contributed by atoms with Gasteiger partial charge in [0.1, 0.15) is 5.60 Å². The van der Waals surface area contributed by atoms with Gasteiger partial charge >= 0.3 is 6.09 Å². The maximum atomic E-state index is 11.8. The standard InChI is InChI=1S/C16H30N2O2/c1-16(2,3)20-15(19)18-11-13-7-9-17-10-8-14(13)12-5-4-6-12/h12-14,17H,4-11H2,1-3H3,(H,18,19). The number of nitrogens with one attached hydrogen (secondary N) is 2. The Kier molecular flexibility index (Phi) is 5.30. The van der Waals surface area contributed by atoms with Crippen LogP contribution in [0.2, 0.25) is 0 Å². The van der Waals surface area contributed by atoms with E-state index in [4.69, 9.17) is 4.74 Å². The van der Waals surface area contributed by atoms with E-state index in [1.54, 1.807) is 0 Å². The van der Waals surface area contributed by atoms with Gasteiger partial charge < -0.3 is 15.4 Å². The third kappa shape index (κ3) is 4.65. The molecule has 2 N–H and O–H groups in total. The Balaban J connectivity index is 1.82. The molecule has 1 amide bonds. The van der Waals surface area contributed by atoms with Crippen molar-refractivity contribution in [3.63, 3.8) is 0 Å². The molecule has 1 aliphatic heterocycles. The highest BCUT2D eigenvalue weighted by Crippen LogP contribution is 2.40. The highest BCUT2D eigenvalue weighted by atomic mass is 16.6. The predicted molar refractivity (Wildman–Crippen MR) is 80.7 cm³/mol. The van der Waals surface area contributed by atoms with Crippen molar-refractivity contribution in [1.82, 2.24) is 10.6 Å². The van der Waals surface area contributed by atoms with Crippen LogP contribution < -0.4 is 10.6 Å². The van der Waals surface area contributed by atoms with Gasteiger partial charge in [0.25, 0.3) is 0 Å². The van der Waals surface area contributed by atoms with Crippen molar-refractivity contribution in [3.8, 4) is 0 Å². The molecule has 1 saturated carbocycles. The Morgan fingerprint density at radius 3 is 2.50 bits per heavy atom. The molecule has 0 aromatic rings. The lowest BCUT2D eigenvalue weighted by atomic mass is 9.69. The molecule has 1 aliphatic carbocycles. The largest absolute Gasteiger partial charge is 0.444 e. The highest BCUT2D eigenvalue weighted by molar-refractivity contribution is 5.67. The van der Waals surface area contributed by atoms with Gasteiger partial charge in [0.15, 0.2) is 0 Å². The van der Waals surface area contributed by atoms with Gasteiger partial charge in [-0.1, -0.05) is 19.3 Å². The molecule has 2 unspecified atom stereocenters. The topological polar surface area (TPSA) is 50.4 Å². The van der Waals surface area contributed by atoms with E-state index in [9.17, 15) is 4.79 Å². The third-order valence-electron chi connectivity index (χ3n) is 4.61. The highest BCUT2D eigenvalue weighted by Gasteiger charge is 2.34. The summed E-state index contributed by atoms with van der Waals surface area (Å²) in [6.07, 6.45) is 6.30. The zero-order valence-electron chi connectivity index (χ0n) is 13.2. The number of amides is 1. The molecule has 4 nitrogen and oxygen atoms in total. The molecule has 1 heterocycles. The molecule has 2 aliphatic rings. The minimum Gasteiger partial charge on any atom is -0.444 e. The fourth-order valence-corrected chi connectivity index (χ4v) is 3.40. The van der Waals surface area contributed by atoms with Crippen LogP contribution in [0.25, 0.3) is 0 Å². The lowest BCUT2D eigenvalue weighted by Gasteiger charge is -2.38. The molecule has 4 heteroatoms. The Bertz CT molecular complexity index is 321. The summed E-state index contributed by atoms with van der Waals surface area (Å²) >= 11 is 0. The maximum Gasteiger partial charge on any atom is 0.407 e. The lowest BCUT2D eigenvalue weighted by molar-refractivity contribution is 0.0497. The van der Waals surface area contributed by atoms with Crippen LogP contribution in [0.1, 0.15) is 52.9 Å². The van der Waals surface area contributed by atoms with Crippen molar-refractivity contribution in [3.05, 3.63) is 0 Å². The number of rotatable bonds is 3. The molecule has 0 aromatic heterocycles. The van der Waals surface area contributed by atoms with Crippen molar-refractivity contribution in [1.29, 1.82) is 0 Å². The van der Waals surface area contributed by atoms with Gasteiger partial charge in [0, 0.05) is 6.54 Å². The number of hydrogen-bond acceptors (Lipinski definition) is 3. The van der Waals surface area contributed by atoms with Crippen molar-refractivity contribution in [2.24, 2.45) is 17.8 Å². The van der Waals surface area contributed by atoms with Crippen molar-refractivity contribution >= 4 is 6.09 Å². The molecule has 2 rings (SSSR count). The number of carbonyl (C=O) groups is 1. The van der Waals surface area contributed by atoms with Crippen molar-refractivity contribution in [2.75, 3.05) is 19.6 Å². The fourth-order valence-electron chi connectivity index (χ4n) is 3.40. The van der Waals surface area contributed by atoms with E-state index < -0.39 is 5.60 Å². The van der Waals surface area contributed by atoms with E-state index in [-0.39, 0.29) is 6.09 Å². The van der Waals surface area contributed by atoms with Crippen LogP contribution >= 0.6 is 0 Å². The van der Waals surface area contributed by atoms with Crippen molar-refractivity contribution in [2.45, 2.75) is 58.5 Å². The molecule has 2 atom stereocenters. The number of alkyl carbamates (subject to hydrolysis) is 1. The molecule has 0 spiro atoms. The molecular formula is C16H30N2O2. The molecule has 0 bridgehead atoms. The molecule has 0 aromatic carbocycles. The van der Waals surface area contributed by atoms with E-state index in [0.29, 0.717) is 5.92 Å². The Morgan fingerprint density at radius 1 is 1.20 bits per heavy atom. The summed E-state index contributed by atoms with van der Waals surface area (Å²) in [6, 6.07) is 0. The average Bonchev–Trinajstić information content (AvgIpc) is 2.48.